The number of benzene rings is 8. The van der Waals surface area contributed by atoms with Crippen molar-refractivity contribution in [3.05, 3.63) is 194 Å². The summed E-state index contributed by atoms with van der Waals surface area (Å²) in [6, 6.07) is 61.4. The van der Waals surface area contributed by atoms with E-state index < -0.39 is 0 Å². The molecule has 0 atom stereocenters. The van der Waals surface area contributed by atoms with Crippen LogP contribution in [-0.2, 0) is 0 Å². The zero-order valence-electron chi connectivity index (χ0n) is 28.7. The minimum Gasteiger partial charge on any atom is -0.455 e. The van der Waals surface area contributed by atoms with Crippen LogP contribution in [0.2, 0.25) is 0 Å². The maximum atomic E-state index is 6.39. The summed E-state index contributed by atoms with van der Waals surface area (Å²) in [7, 11) is 0. The molecule has 0 fully saturated rings. The molecule has 2 heteroatoms. The van der Waals surface area contributed by atoms with Crippen LogP contribution < -0.4 is 4.90 Å². The van der Waals surface area contributed by atoms with Gasteiger partial charge in [0.25, 0.3) is 0 Å². The number of nitrogens with zero attached hydrogens (tertiary/aromatic N) is 1. The topological polar surface area (TPSA) is 16.4 Å². The van der Waals surface area contributed by atoms with Crippen molar-refractivity contribution in [2.75, 3.05) is 4.90 Å². The Hall–Kier alpha value is -6.64. The molecule has 0 unspecified atom stereocenters. The highest BCUT2D eigenvalue weighted by Gasteiger charge is 2.19. The molecule has 246 valence electrons. The average Bonchev–Trinajstić information content (AvgIpc) is 3.61. The summed E-state index contributed by atoms with van der Waals surface area (Å²) in [4.78, 5) is 2.39. The van der Waals surface area contributed by atoms with Crippen molar-refractivity contribution in [1.82, 2.24) is 0 Å². The predicted molar refractivity (Wildman–Crippen MR) is 221 cm³/mol. The standard InChI is InChI=1S/C50H35NO/c1-2-11-34(12-3-1)35-21-27-40(28-22-35)51(41-29-23-37(24-30-41)43-18-10-14-36-13-4-5-15-42(36)43)48-19-8-6-16-44(48)38-25-31-45-39(33-38)26-32-47-46-17-7-9-20-49(46)52-50(45)47/h2,4-33H,1,3H2. The van der Waals surface area contributed by atoms with Crippen molar-refractivity contribution in [2.45, 2.75) is 12.8 Å². The number of fused-ring (bicyclic) bond motifs is 6. The highest BCUT2D eigenvalue weighted by atomic mass is 16.3. The molecule has 1 aromatic heterocycles. The summed E-state index contributed by atoms with van der Waals surface area (Å²) < 4.78 is 6.39. The van der Waals surface area contributed by atoms with E-state index in [9.17, 15) is 0 Å². The fourth-order valence-electron chi connectivity index (χ4n) is 7.92. The SMILES string of the molecule is C1=CC(c2ccc(N(c3ccc(-c4cccc5ccccc45)cc3)c3ccccc3-c3ccc4c(ccc5c6ccccc6oc45)c3)cc2)=CCC1. The van der Waals surface area contributed by atoms with Crippen LogP contribution in [0.1, 0.15) is 18.4 Å². The summed E-state index contributed by atoms with van der Waals surface area (Å²) in [5.74, 6) is 0. The van der Waals surface area contributed by atoms with Gasteiger partial charge < -0.3 is 9.32 Å². The quantitative estimate of drug-likeness (QED) is 0.176. The second-order valence-electron chi connectivity index (χ2n) is 13.6. The average molecular weight is 666 g/mol. The summed E-state index contributed by atoms with van der Waals surface area (Å²) in [5.41, 5.74) is 12.5. The van der Waals surface area contributed by atoms with E-state index in [0.717, 1.165) is 73.7 Å². The lowest BCUT2D eigenvalue weighted by Gasteiger charge is -2.28. The lowest BCUT2D eigenvalue weighted by Crippen LogP contribution is -2.11. The van der Waals surface area contributed by atoms with E-state index in [1.54, 1.807) is 0 Å². The number of hydrogen-bond acceptors (Lipinski definition) is 2. The molecule has 52 heavy (non-hydrogen) atoms. The van der Waals surface area contributed by atoms with Crippen LogP contribution in [-0.4, -0.2) is 0 Å². The third-order valence-electron chi connectivity index (χ3n) is 10.5. The normalized spacial score (nSPS) is 12.9. The van der Waals surface area contributed by atoms with Gasteiger partial charge in [-0.15, -0.1) is 0 Å². The zero-order chi connectivity index (χ0) is 34.4. The molecule has 0 radical (unpaired) electrons. The number of rotatable bonds is 6. The van der Waals surface area contributed by atoms with E-state index in [2.05, 4.69) is 181 Å². The summed E-state index contributed by atoms with van der Waals surface area (Å²) in [6.45, 7) is 0. The van der Waals surface area contributed by atoms with Gasteiger partial charge in [0.1, 0.15) is 11.2 Å². The van der Waals surface area contributed by atoms with Gasteiger partial charge in [0.05, 0.1) is 5.69 Å². The molecule has 1 aliphatic carbocycles. The van der Waals surface area contributed by atoms with Gasteiger partial charge >= 0.3 is 0 Å². The molecule has 0 saturated carbocycles. The van der Waals surface area contributed by atoms with E-state index in [4.69, 9.17) is 4.42 Å². The largest absolute Gasteiger partial charge is 0.455 e. The molecular formula is C50H35NO. The van der Waals surface area contributed by atoms with Crippen molar-refractivity contribution < 1.29 is 4.42 Å². The van der Waals surface area contributed by atoms with Gasteiger partial charge in [0, 0.05) is 33.1 Å². The number of anilines is 3. The van der Waals surface area contributed by atoms with Crippen molar-refractivity contribution in [3.63, 3.8) is 0 Å². The Kier molecular flexibility index (Phi) is 7.32. The van der Waals surface area contributed by atoms with E-state index in [1.165, 1.54) is 33.0 Å². The molecule has 0 aliphatic heterocycles. The van der Waals surface area contributed by atoms with Gasteiger partial charge in [-0.3, -0.25) is 0 Å². The van der Waals surface area contributed by atoms with E-state index in [1.807, 2.05) is 12.1 Å². The van der Waals surface area contributed by atoms with Crippen molar-refractivity contribution >= 4 is 66.1 Å². The molecule has 1 heterocycles. The zero-order valence-corrected chi connectivity index (χ0v) is 28.7. The molecule has 0 saturated heterocycles. The second kappa shape index (κ2) is 12.6. The Morgan fingerprint density at radius 2 is 1.12 bits per heavy atom. The summed E-state index contributed by atoms with van der Waals surface area (Å²) >= 11 is 0. The Morgan fingerprint density at radius 3 is 1.94 bits per heavy atom. The summed E-state index contributed by atoms with van der Waals surface area (Å²) in [6.07, 6.45) is 9.05. The first-order valence-corrected chi connectivity index (χ1v) is 18.1. The highest BCUT2D eigenvalue weighted by molar-refractivity contribution is 6.15. The van der Waals surface area contributed by atoms with Crippen LogP contribution in [0.15, 0.2) is 193 Å². The van der Waals surface area contributed by atoms with E-state index in [-0.39, 0.29) is 0 Å². The fourth-order valence-corrected chi connectivity index (χ4v) is 7.92. The number of furan rings is 1. The second-order valence-corrected chi connectivity index (χ2v) is 13.6. The van der Waals surface area contributed by atoms with Crippen LogP contribution in [0.3, 0.4) is 0 Å². The molecular weight excluding hydrogens is 631 g/mol. The lowest BCUT2D eigenvalue weighted by molar-refractivity contribution is 0.672. The van der Waals surface area contributed by atoms with Gasteiger partial charge in [-0.2, -0.15) is 0 Å². The molecule has 0 spiro atoms. The first-order valence-electron chi connectivity index (χ1n) is 18.1. The third-order valence-corrected chi connectivity index (χ3v) is 10.5. The smallest absolute Gasteiger partial charge is 0.143 e. The van der Waals surface area contributed by atoms with Gasteiger partial charge in [0.2, 0.25) is 0 Å². The van der Waals surface area contributed by atoms with Crippen LogP contribution in [0.5, 0.6) is 0 Å². The van der Waals surface area contributed by atoms with Crippen molar-refractivity contribution in [2.24, 2.45) is 0 Å². The van der Waals surface area contributed by atoms with Crippen molar-refractivity contribution in [1.29, 1.82) is 0 Å². The van der Waals surface area contributed by atoms with Gasteiger partial charge in [-0.1, -0.05) is 133 Å². The van der Waals surface area contributed by atoms with Crippen LogP contribution >= 0.6 is 0 Å². The Bertz CT molecular complexity index is 2830. The van der Waals surface area contributed by atoms with Crippen LogP contribution in [0, 0.1) is 0 Å². The Labute approximate surface area is 303 Å². The molecule has 0 N–H and O–H groups in total. The Balaban J connectivity index is 1.10. The van der Waals surface area contributed by atoms with Crippen molar-refractivity contribution in [3.8, 4) is 22.3 Å². The third kappa shape index (κ3) is 5.20. The molecule has 0 amide bonds. The Morgan fingerprint density at radius 1 is 0.442 bits per heavy atom. The van der Waals surface area contributed by atoms with E-state index in [0.29, 0.717) is 0 Å². The van der Waals surface area contributed by atoms with E-state index >= 15 is 0 Å². The first-order chi connectivity index (χ1) is 25.8. The minimum absolute atomic E-state index is 0.920. The van der Waals surface area contributed by atoms with Gasteiger partial charge in [0.15, 0.2) is 0 Å². The van der Waals surface area contributed by atoms with Crippen LogP contribution in [0.4, 0.5) is 17.1 Å². The maximum Gasteiger partial charge on any atom is 0.143 e. The van der Waals surface area contributed by atoms with Crippen LogP contribution in [0.25, 0.3) is 71.3 Å². The first kappa shape index (κ1) is 30.2. The molecule has 0 bridgehead atoms. The number of para-hydroxylation sites is 2. The summed E-state index contributed by atoms with van der Waals surface area (Å²) in [5, 5.41) is 7.09. The molecule has 9 aromatic rings. The van der Waals surface area contributed by atoms with Gasteiger partial charge in [-0.05, 0) is 111 Å². The molecule has 10 rings (SSSR count). The predicted octanol–water partition coefficient (Wildman–Crippen LogP) is 14.4. The molecule has 2 nitrogen and oxygen atoms in total. The molecule has 8 aromatic carbocycles. The fraction of sp³-hybridized carbons (Fsp3) is 0.0400. The number of hydrogen-bond donors (Lipinski definition) is 0. The number of allylic oxidation sites excluding steroid dienone is 4. The minimum atomic E-state index is 0.920. The van der Waals surface area contributed by atoms with Gasteiger partial charge in [-0.25, -0.2) is 0 Å². The highest BCUT2D eigenvalue weighted by Crippen LogP contribution is 2.43. The molecule has 1 aliphatic rings. The monoisotopic (exact) mass is 665 g/mol. The maximum absolute atomic E-state index is 6.39. The lowest BCUT2D eigenvalue weighted by atomic mass is 9.96.